The molecule has 2 amide bonds. The number of nitrogens with one attached hydrogen (secondary N) is 1. The van der Waals surface area contributed by atoms with Crippen LogP contribution in [0, 0.1) is 5.41 Å². The van der Waals surface area contributed by atoms with Gasteiger partial charge in [0, 0.05) is 43.3 Å². The molecule has 2 aliphatic heterocycles. The lowest BCUT2D eigenvalue weighted by Crippen LogP contribution is -2.48. The van der Waals surface area contributed by atoms with Crippen molar-refractivity contribution in [2.75, 3.05) is 45.2 Å². The van der Waals surface area contributed by atoms with E-state index in [2.05, 4.69) is 28.2 Å². The highest BCUT2D eigenvalue weighted by molar-refractivity contribution is 6.00. The van der Waals surface area contributed by atoms with Crippen LogP contribution in [-0.4, -0.2) is 74.0 Å². The van der Waals surface area contributed by atoms with Crippen LogP contribution in [0.3, 0.4) is 0 Å². The molecule has 2 fully saturated rings. The number of anilines is 1. The highest BCUT2D eigenvalue weighted by Crippen LogP contribution is 2.27. The maximum Gasteiger partial charge on any atom is 0.255 e. The molecule has 6 nitrogen and oxygen atoms in total. The summed E-state index contributed by atoms with van der Waals surface area (Å²) in [5.41, 5.74) is 1.44. The van der Waals surface area contributed by atoms with Gasteiger partial charge in [0.05, 0.1) is 5.56 Å². The van der Waals surface area contributed by atoms with Gasteiger partial charge in [-0.25, -0.2) is 0 Å². The predicted molar refractivity (Wildman–Crippen MR) is 122 cm³/mol. The summed E-state index contributed by atoms with van der Waals surface area (Å²) < 4.78 is 0. The van der Waals surface area contributed by atoms with Gasteiger partial charge in [-0.15, -0.1) is 0 Å². The van der Waals surface area contributed by atoms with Gasteiger partial charge in [0.2, 0.25) is 5.91 Å². The average Bonchev–Trinajstić information content (AvgIpc) is 2.73. The lowest BCUT2D eigenvalue weighted by atomic mass is 9.94. The number of benzene rings is 1. The topological polar surface area (TPSA) is 55.9 Å². The van der Waals surface area contributed by atoms with Gasteiger partial charge in [0.1, 0.15) is 0 Å². The highest BCUT2D eigenvalue weighted by Gasteiger charge is 2.30. The van der Waals surface area contributed by atoms with Crippen LogP contribution in [0.4, 0.5) is 5.69 Å². The van der Waals surface area contributed by atoms with Crippen molar-refractivity contribution < 1.29 is 9.59 Å². The minimum absolute atomic E-state index is 0.108. The monoisotopic (exact) mass is 414 g/mol. The van der Waals surface area contributed by atoms with E-state index >= 15 is 0 Å². The largest absolute Gasteiger partial charge is 0.371 e. The first-order valence-electron chi connectivity index (χ1n) is 11.3. The molecule has 0 unspecified atom stereocenters. The summed E-state index contributed by atoms with van der Waals surface area (Å²) in [5.74, 6) is 0.222. The summed E-state index contributed by atoms with van der Waals surface area (Å²) in [7, 11) is 4.09. The smallest absolute Gasteiger partial charge is 0.255 e. The molecular weight excluding hydrogens is 376 g/mol. The SMILES string of the molecule is CN1CCC(N(C)C(=O)c2ccccc2N2CCC(NC(=O)C(C)(C)C)CC2)CC1. The zero-order valence-corrected chi connectivity index (χ0v) is 19.3. The number of carbonyl (C=O) groups is 2. The van der Waals surface area contributed by atoms with E-state index in [4.69, 9.17) is 0 Å². The first kappa shape index (κ1) is 22.6. The second-order valence-corrected chi connectivity index (χ2v) is 9.95. The fourth-order valence-corrected chi connectivity index (χ4v) is 4.33. The molecule has 2 aliphatic rings. The van der Waals surface area contributed by atoms with Crippen molar-refractivity contribution in [1.82, 2.24) is 15.1 Å². The van der Waals surface area contributed by atoms with Gasteiger partial charge in [-0.2, -0.15) is 0 Å². The molecule has 1 aromatic carbocycles. The van der Waals surface area contributed by atoms with Gasteiger partial charge < -0.3 is 20.0 Å². The molecule has 0 aliphatic carbocycles. The Morgan fingerprint density at radius 1 is 1.00 bits per heavy atom. The summed E-state index contributed by atoms with van der Waals surface area (Å²) in [6.45, 7) is 9.60. The van der Waals surface area contributed by atoms with Crippen LogP contribution in [0.15, 0.2) is 24.3 Å². The molecule has 0 aromatic heterocycles. The summed E-state index contributed by atoms with van der Waals surface area (Å²) >= 11 is 0. The quantitative estimate of drug-likeness (QED) is 0.823. The summed E-state index contributed by atoms with van der Waals surface area (Å²) in [6.07, 6.45) is 3.85. The second kappa shape index (κ2) is 9.38. The first-order valence-corrected chi connectivity index (χ1v) is 11.3. The lowest BCUT2D eigenvalue weighted by Gasteiger charge is -2.38. The highest BCUT2D eigenvalue weighted by atomic mass is 16.2. The van der Waals surface area contributed by atoms with Crippen molar-refractivity contribution in [2.45, 2.75) is 58.5 Å². The molecule has 6 heteroatoms. The Balaban J connectivity index is 1.64. The van der Waals surface area contributed by atoms with E-state index in [0.717, 1.165) is 63.1 Å². The molecular formula is C24H38N4O2. The minimum atomic E-state index is -0.366. The molecule has 0 atom stereocenters. The molecule has 0 radical (unpaired) electrons. The van der Waals surface area contributed by atoms with Gasteiger partial charge in [-0.1, -0.05) is 32.9 Å². The Kier molecular flexibility index (Phi) is 7.06. The fraction of sp³-hybridized carbons (Fsp3) is 0.667. The molecule has 3 rings (SSSR count). The van der Waals surface area contributed by atoms with E-state index in [1.807, 2.05) is 50.9 Å². The van der Waals surface area contributed by atoms with Gasteiger partial charge in [0.25, 0.3) is 5.91 Å². The minimum Gasteiger partial charge on any atom is -0.371 e. The third kappa shape index (κ3) is 5.34. The summed E-state index contributed by atoms with van der Waals surface area (Å²) in [5, 5.41) is 3.19. The van der Waals surface area contributed by atoms with Gasteiger partial charge >= 0.3 is 0 Å². The average molecular weight is 415 g/mol. The van der Waals surface area contributed by atoms with E-state index in [-0.39, 0.29) is 23.3 Å². The number of rotatable bonds is 4. The van der Waals surface area contributed by atoms with Crippen molar-refractivity contribution in [3.63, 3.8) is 0 Å². The van der Waals surface area contributed by atoms with Gasteiger partial charge in [0.15, 0.2) is 0 Å². The lowest BCUT2D eigenvalue weighted by molar-refractivity contribution is -0.129. The van der Waals surface area contributed by atoms with Crippen molar-refractivity contribution in [3.05, 3.63) is 29.8 Å². The van der Waals surface area contributed by atoms with Crippen LogP contribution in [0.1, 0.15) is 56.8 Å². The standard InChI is InChI=1S/C24H38N4O2/c1-24(2,3)23(30)25-18-10-16-28(17-11-18)21-9-7-6-8-20(21)22(29)27(5)19-12-14-26(4)15-13-19/h6-9,18-19H,10-17H2,1-5H3,(H,25,30). The Morgan fingerprint density at radius 3 is 2.20 bits per heavy atom. The molecule has 1 aromatic rings. The van der Waals surface area contributed by atoms with Crippen LogP contribution in [-0.2, 0) is 4.79 Å². The first-order chi connectivity index (χ1) is 14.2. The van der Waals surface area contributed by atoms with Crippen LogP contribution < -0.4 is 10.2 Å². The zero-order chi connectivity index (χ0) is 21.9. The van der Waals surface area contributed by atoms with Crippen LogP contribution in [0.5, 0.6) is 0 Å². The molecule has 0 bridgehead atoms. The molecule has 0 spiro atoms. The van der Waals surface area contributed by atoms with E-state index in [0.29, 0.717) is 6.04 Å². The molecule has 0 saturated carbocycles. The number of likely N-dealkylation sites (tertiary alicyclic amines) is 1. The molecule has 2 heterocycles. The number of nitrogens with zero attached hydrogens (tertiary/aromatic N) is 3. The Morgan fingerprint density at radius 2 is 1.60 bits per heavy atom. The molecule has 166 valence electrons. The third-order valence-electron chi connectivity index (χ3n) is 6.54. The molecule has 2 saturated heterocycles. The van der Waals surface area contributed by atoms with Crippen molar-refractivity contribution >= 4 is 17.5 Å². The van der Waals surface area contributed by atoms with Gasteiger partial charge in [-0.3, -0.25) is 9.59 Å². The summed E-state index contributed by atoms with van der Waals surface area (Å²) in [4.78, 5) is 32.2. The number of para-hydroxylation sites is 1. The third-order valence-corrected chi connectivity index (χ3v) is 6.54. The normalized spacial score (nSPS) is 19.6. The Hall–Kier alpha value is -2.08. The van der Waals surface area contributed by atoms with E-state index < -0.39 is 0 Å². The maximum atomic E-state index is 13.3. The fourth-order valence-electron chi connectivity index (χ4n) is 4.33. The number of amides is 2. The zero-order valence-electron chi connectivity index (χ0n) is 19.3. The van der Waals surface area contributed by atoms with Crippen LogP contribution in [0.2, 0.25) is 0 Å². The molecule has 30 heavy (non-hydrogen) atoms. The predicted octanol–water partition coefficient (Wildman–Crippen LogP) is 2.98. The van der Waals surface area contributed by atoms with Crippen molar-refractivity contribution in [3.8, 4) is 0 Å². The van der Waals surface area contributed by atoms with E-state index in [9.17, 15) is 9.59 Å². The summed E-state index contributed by atoms with van der Waals surface area (Å²) in [6, 6.07) is 8.49. The second-order valence-electron chi connectivity index (χ2n) is 9.95. The van der Waals surface area contributed by atoms with Crippen molar-refractivity contribution in [2.24, 2.45) is 5.41 Å². The number of carbonyl (C=O) groups excluding carboxylic acids is 2. The van der Waals surface area contributed by atoms with Gasteiger partial charge in [-0.05, 0) is 58.0 Å². The number of hydrogen-bond donors (Lipinski definition) is 1. The van der Waals surface area contributed by atoms with E-state index in [1.54, 1.807) is 0 Å². The molecule has 1 N–H and O–H groups in total. The van der Waals surface area contributed by atoms with Crippen LogP contribution >= 0.6 is 0 Å². The van der Waals surface area contributed by atoms with Crippen molar-refractivity contribution in [1.29, 1.82) is 0 Å². The van der Waals surface area contributed by atoms with E-state index in [1.165, 1.54) is 0 Å². The maximum absolute atomic E-state index is 13.3. The number of hydrogen-bond acceptors (Lipinski definition) is 4. The van der Waals surface area contributed by atoms with Crippen LogP contribution in [0.25, 0.3) is 0 Å². The number of piperidine rings is 2. The Bertz CT molecular complexity index is 742. The Labute approximate surface area is 181 Å².